The van der Waals surface area contributed by atoms with Crippen LogP contribution in [-0.4, -0.2) is 25.1 Å². The molecule has 2 aromatic rings. The van der Waals surface area contributed by atoms with Gasteiger partial charge in [-0.15, -0.1) is 0 Å². The van der Waals surface area contributed by atoms with E-state index in [-0.39, 0.29) is 11.8 Å². The second-order valence-corrected chi connectivity index (χ2v) is 5.18. The average molecular weight is 325 g/mol. The van der Waals surface area contributed by atoms with E-state index in [1.807, 2.05) is 25.1 Å². The Morgan fingerprint density at radius 3 is 2.42 bits per heavy atom. The standard InChI is InChI=1S/C18H19N3O3/c1-12-10-17(24-3)9-6-15(12)11-19-21-18(23)14-4-7-16(8-5-14)20-13(2)22/h4-11H,1-3H3,(H,20,22)(H,21,23)/b19-11-. The van der Waals surface area contributed by atoms with Crippen molar-refractivity contribution in [3.63, 3.8) is 0 Å². The fraction of sp³-hybridized carbons (Fsp3) is 0.167. The quantitative estimate of drug-likeness (QED) is 0.655. The molecule has 0 saturated carbocycles. The van der Waals surface area contributed by atoms with Crippen molar-refractivity contribution in [2.24, 2.45) is 5.10 Å². The summed E-state index contributed by atoms with van der Waals surface area (Å²) >= 11 is 0. The van der Waals surface area contributed by atoms with Crippen LogP contribution < -0.4 is 15.5 Å². The number of carbonyl (C=O) groups is 2. The van der Waals surface area contributed by atoms with Crippen LogP contribution in [0.4, 0.5) is 5.69 Å². The molecule has 124 valence electrons. The molecule has 0 aromatic heterocycles. The van der Waals surface area contributed by atoms with Gasteiger partial charge in [-0.1, -0.05) is 0 Å². The van der Waals surface area contributed by atoms with E-state index >= 15 is 0 Å². The molecule has 0 saturated heterocycles. The van der Waals surface area contributed by atoms with Gasteiger partial charge in [0.15, 0.2) is 0 Å². The lowest BCUT2D eigenvalue weighted by atomic mass is 10.1. The minimum absolute atomic E-state index is 0.160. The lowest BCUT2D eigenvalue weighted by molar-refractivity contribution is -0.114. The van der Waals surface area contributed by atoms with Crippen LogP contribution >= 0.6 is 0 Å². The van der Waals surface area contributed by atoms with Gasteiger partial charge in [0.2, 0.25) is 5.91 Å². The molecule has 2 N–H and O–H groups in total. The van der Waals surface area contributed by atoms with E-state index in [0.717, 1.165) is 16.9 Å². The number of nitrogens with zero attached hydrogens (tertiary/aromatic N) is 1. The fourth-order valence-electron chi connectivity index (χ4n) is 2.05. The number of amides is 2. The number of anilines is 1. The molecular formula is C18H19N3O3. The molecule has 0 aliphatic carbocycles. The molecule has 6 heteroatoms. The number of rotatable bonds is 5. The minimum Gasteiger partial charge on any atom is -0.497 e. The third-order valence-electron chi connectivity index (χ3n) is 3.31. The number of aryl methyl sites for hydroxylation is 1. The van der Waals surface area contributed by atoms with E-state index in [1.165, 1.54) is 6.92 Å². The highest BCUT2D eigenvalue weighted by atomic mass is 16.5. The second kappa shape index (κ2) is 7.92. The number of hydrogen-bond acceptors (Lipinski definition) is 4. The Kier molecular flexibility index (Phi) is 5.68. The van der Waals surface area contributed by atoms with Gasteiger partial charge in [0.05, 0.1) is 13.3 Å². The summed E-state index contributed by atoms with van der Waals surface area (Å²) in [5, 5.41) is 6.61. The van der Waals surface area contributed by atoms with Crippen molar-refractivity contribution >= 4 is 23.7 Å². The predicted octanol–water partition coefficient (Wildman–Crippen LogP) is 2.73. The van der Waals surface area contributed by atoms with Gasteiger partial charge in [0, 0.05) is 18.2 Å². The largest absolute Gasteiger partial charge is 0.497 e. The Balaban J connectivity index is 1.98. The number of hydrazone groups is 1. The van der Waals surface area contributed by atoms with Crippen molar-refractivity contribution < 1.29 is 14.3 Å². The number of benzene rings is 2. The SMILES string of the molecule is COc1ccc(/C=N\NC(=O)c2ccc(NC(C)=O)cc2)c(C)c1. The summed E-state index contributed by atoms with van der Waals surface area (Å²) in [6.45, 7) is 3.36. The van der Waals surface area contributed by atoms with Crippen molar-refractivity contribution in [3.8, 4) is 5.75 Å². The lowest BCUT2D eigenvalue weighted by Crippen LogP contribution is -2.17. The van der Waals surface area contributed by atoms with Gasteiger partial charge in [0.1, 0.15) is 5.75 Å². The second-order valence-electron chi connectivity index (χ2n) is 5.18. The Morgan fingerprint density at radius 1 is 1.12 bits per heavy atom. The maximum atomic E-state index is 12.0. The molecule has 24 heavy (non-hydrogen) atoms. The number of nitrogens with one attached hydrogen (secondary N) is 2. The summed E-state index contributed by atoms with van der Waals surface area (Å²) in [5.74, 6) is 0.284. The summed E-state index contributed by atoms with van der Waals surface area (Å²) in [7, 11) is 1.61. The van der Waals surface area contributed by atoms with Crippen molar-refractivity contribution in [3.05, 3.63) is 59.2 Å². The van der Waals surface area contributed by atoms with Crippen LogP contribution in [0.1, 0.15) is 28.4 Å². The molecule has 0 atom stereocenters. The monoisotopic (exact) mass is 325 g/mol. The summed E-state index contributed by atoms with van der Waals surface area (Å²) in [4.78, 5) is 23.0. The fourth-order valence-corrected chi connectivity index (χ4v) is 2.05. The first-order valence-corrected chi connectivity index (χ1v) is 7.35. The van der Waals surface area contributed by atoms with Crippen molar-refractivity contribution in [2.75, 3.05) is 12.4 Å². The first-order valence-electron chi connectivity index (χ1n) is 7.35. The smallest absolute Gasteiger partial charge is 0.271 e. The third kappa shape index (κ3) is 4.67. The Morgan fingerprint density at radius 2 is 1.83 bits per heavy atom. The van der Waals surface area contributed by atoms with Gasteiger partial charge >= 0.3 is 0 Å². The third-order valence-corrected chi connectivity index (χ3v) is 3.31. The highest BCUT2D eigenvalue weighted by Crippen LogP contribution is 2.15. The van der Waals surface area contributed by atoms with E-state index < -0.39 is 0 Å². The zero-order valence-electron chi connectivity index (χ0n) is 13.8. The van der Waals surface area contributed by atoms with Crippen LogP contribution in [-0.2, 0) is 4.79 Å². The van der Waals surface area contributed by atoms with Crippen LogP contribution in [0.3, 0.4) is 0 Å². The molecule has 0 bridgehead atoms. The Bertz CT molecular complexity index is 768. The van der Waals surface area contributed by atoms with Crippen LogP contribution in [0.2, 0.25) is 0 Å². The van der Waals surface area contributed by atoms with E-state index in [2.05, 4.69) is 15.8 Å². The van der Waals surface area contributed by atoms with Crippen LogP contribution in [0, 0.1) is 6.92 Å². The molecule has 0 spiro atoms. The van der Waals surface area contributed by atoms with Crippen molar-refractivity contribution in [1.82, 2.24) is 5.43 Å². The minimum atomic E-state index is -0.327. The van der Waals surface area contributed by atoms with E-state index in [4.69, 9.17) is 4.74 Å². The van der Waals surface area contributed by atoms with Crippen LogP contribution in [0.25, 0.3) is 0 Å². The van der Waals surface area contributed by atoms with Gasteiger partial charge < -0.3 is 10.1 Å². The maximum absolute atomic E-state index is 12.0. The van der Waals surface area contributed by atoms with Crippen LogP contribution in [0.5, 0.6) is 5.75 Å². The molecule has 0 aliphatic heterocycles. The van der Waals surface area contributed by atoms with Crippen molar-refractivity contribution in [1.29, 1.82) is 0 Å². The molecule has 0 fully saturated rings. The highest BCUT2D eigenvalue weighted by Gasteiger charge is 2.04. The molecule has 2 rings (SSSR count). The van der Waals surface area contributed by atoms with E-state index in [0.29, 0.717) is 11.3 Å². The summed E-state index contributed by atoms with van der Waals surface area (Å²) in [6.07, 6.45) is 1.58. The zero-order valence-corrected chi connectivity index (χ0v) is 13.8. The molecule has 0 aliphatic rings. The molecule has 2 amide bonds. The summed E-state index contributed by atoms with van der Waals surface area (Å²) in [6, 6.07) is 12.2. The summed E-state index contributed by atoms with van der Waals surface area (Å²) in [5.41, 5.74) is 5.44. The molecule has 0 heterocycles. The Hall–Kier alpha value is -3.15. The zero-order chi connectivity index (χ0) is 17.5. The van der Waals surface area contributed by atoms with Crippen LogP contribution in [0.15, 0.2) is 47.6 Å². The van der Waals surface area contributed by atoms with Gasteiger partial charge in [-0.3, -0.25) is 9.59 Å². The molecule has 0 unspecified atom stereocenters. The first kappa shape index (κ1) is 17.2. The van der Waals surface area contributed by atoms with E-state index in [1.54, 1.807) is 37.6 Å². The predicted molar refractivity (Wildman–Crippen MR) is 93.5 cm³/mol. The first-order chi connectivity index (χ1) is 11.5. The highest BCUT2D eigenvalue weighted by molar-refractivity contribution is 5.96. The number of carbonyl (C=O) groups excluding carboxylic acids is 2. The molecule has 6 nitrogen and oxygen atoms in total. The normalized spacial score (nSPS) is 10.5. The molecular weight excluding hydrogens is 306 g/mol. The Labute approximate surface area is 140 Å². The lowest BCUT2D eigenvalue weighted by Gasteiger charge is -2.05. The van der Waals surface area contributed by atoms with E-state index in [9.17, 15) is 9.59 Å². The maximum Gasteiger partial charge on any atom is 0.271 e. The summed E-state index contributed by atoms with van der Waals surface area (Å²) < 4.78 is 5.14. The number of ether oxygens (including phenoxy) is 1. The van der Waals surface area contributed by atoms with Gasteiger partial charge in [-0.2, -0.15) is 5.10 Å². The molecule has 0 radical (unpaired) electrons. The van der Waals surface area contributed by atoms with Gasteiger partial charge in [0.25, 0.3) is 5.91 Å². The topological polar surface area (TPSA) is 79.8 Å². The number of methoxy groups -OCH3 is 1. The van der Waals surface area contributed by atoms with Gasteiger partial charge in [-0.25, -0.2) is 5.43 Å². The van der Waals surface area contributed by atoms with Crippen molar-refractivity contribution in [2.45, 2.75) is 13.8 Å². The van der Waals surface area contributed by atoms with Gasteiger partial charge in [-0.05, 0) is 60.5 Å². The molecule has 2 aromatic carbocycles. The number of hydrogen-bond donors (Lipinski definition) is 2. The average Bonchev–Trinajstić information content (AvgIpc) is 2.56.